The lowest BCUT2D eigenvalue weighted by Crippen LogP contribution is -2.44. The van der Waals surface area contributed by atoms with Crippen molar-refractivity contribution in [3.05, 3.63) is 94.0 Å². The van der Waals surface area contributed by atoms with Crippen LogP contribution >= 0.6 is 0 Å². The van der Waals surface area contributed by atoms with Crippen LogP contribution in [0.1, 0.15) is 87.9 Å². The Morgan fingerprint density at radius 2 is 1.47 bits per heavy atom. The van der Waals surface area contributed by atoms with Crippen LogP contribution < -0.4 is 4.74 Å². The van der Waals surface area contributed by atoms with Crippen molar-refractivity contribution in [1.29, 1.82) is 0 Å². The fraction of sp³-hybridized carbons (Fsp3) is 0.394. The van der Waals surface area contributed by atoms with E-state index in [1.807, 2.05) is 24.3 Å². The van der Waals surface area contributed by atoms with Crippen LogP contribution in [0.3, 0.4) is 0 Å². The van der Waals surface area contributed by atoms with E-state index in [0.29, 0.717) is 40.7 Å². The summed E-state index contributed by atoms with van der Waals surface area (Å²) in [5.74, 6) is 0.132. The van der Waals surface area contributed by atoms with Crippen molar-refractivity contribution in [3.8, 4) is 11.5 Å². The molecule has 2 N–H and O–H groups in total. The van der Waals surface area contributed by atoms with Gasteiger partial charge in [0.05, 0.1) is 18.8 Å². The normalized spacial score (nSPS) is 27.7. The molecule has 5 nitrogen and oxygen atoms in total. The number of carbonyl (C=O) groups is 2. The Morgan fingerprint density at radius 1 is 0.868 bits per heavy atom. The molecule has 3 aromatic carbocycles. The second-order valence-electron chi connectivity index (χ2n) is 11.5. The molecule has 3 aromatic rings. The first-order chi connectivity index (χ1) is 18.4. The van der Waals surface area contributed by atoms with Gasteiger partial charge in [0.15, 0.2) is 23.1 Å². The van der Waals surface area contributed by atoms with Crippen LogP contribution in [0.15, 0.2) is 60.7 Å². The molecule has 0 saturated heterocycles. The van der Waals surface area contributed by atoms with Gasteiger partial charge < -0.3 is 14.9 Å². The SMILES string of the molecule is COc1c(O)c(C(=O)c2ccccc2)c(C(=O)c2ccccc2)c2c1CC[C@@H]1[C@@H]2CC[C@]2(C)[C@@H](O)CC[C@@H]12. The monoisotopic (exact) mass is 510 g/mol. The molecular formula is C33H34O5. The molecule has 0 bridgehead atoms. The van der Waals surface area contributed by atoms with Gasteiger partial charge in [-0.2, -0.15) is 0 Å². The summed E-state index contributed by atoms with van der Waals surface area (Å²) in [5, 5.41) is 22.4. The molecule has 0 amide bonds. The minimum Gasteiger partial charge on any atom is -0.504 e. The molecule has 0 unspecified atom stereocenters. The third-order valence-corrected chi connectivity index (χ3v) is 9.79. The van der Waals surface area contributed by atoms with Gasteiger partial charge in [0.25, 0.3) is 0 Å². The minimum absolute atomic E-state index is 0.0288. The average Bonchev–Trinajstić information content (AvgIpc) is 3.26. The highest BCUT2D eigenvalue weighted by molar-refractivity contribution is 6.22. The molecule has 5 heteroatoms. The van der Waals surface area contributed by atoms with E-state index in [2.05, 4.69) is 6.92 Å². The fourth-order valence-corrected chi connectivity index (χ4v) is 7.92. The summed E-state index contributed by atoms with van der Waals surface area (Å²) < 4.78 is 5.76. The molecule has 2 saturated carbocycles. The predicted octanol–water partition coefficient (Wildman–Crippen LogP) is 6.08. The molecule has 0 heterocycles. The van der Waals surface area contributed by atoms with E-state index < -0.39 is 0 Å². The molecule has 2 fully saturated rings. The highest BCUT2D eigenvalue weighted by Gasteiger charge is 2.55. The molecule has 0 radical (unpaired) electrons. The quantitative estimate of drug-likeness (QED) is 0.407. The largest absolute Gasteiger partial charge is 0.504 e. The smallest absolute Gasteiger partial charge is 0.197 e. The summed E-state index contributed by atoms with van der Waals surface area (Å²) in [4.78, 5) is 28.3. The second-order valence-corrected chi connectivity index (χ2v) is 11.5. The first kappa shape index (κ1) is 24.9. The highest BCUT2D eigenvalue weighted by Crippen LogP contribution is 2.62. The van der Waals surface area contributed by atoms with Gasteiger partial charge in [-0.15, -0.1) is 0 Å². The Labute approximate surface area is 223 Å². The number of phenols is 1. The summed E-state index contributed by atoms with van der Waals surface area (Å²) in [6, 6.07) is 17.8. The molecule has 0 spiro atoms. The predicted molar refractivity (Wildman–Crippen MR) is 145 cm³/mol. The summed E-state index contributed by atoms with van der Waals surface area (Å²) in [6.07, 6.45) is 4.73. The van der Waals surface area contributed by atoms with Gasteiger partial charge in [-0.1, -0.05) is 67.6 Å². The van der Waals surface area contributed by atoms with Gasteiger partial charge >= 0.3 is 0 Å². The van der Waals surface area contributed by atoms with E-state index in [1.165, 1.54) is 7.11 Å². The van der Waals surface area contributed by atoms with Crippen LogP contribution in [0, 0.1) is 17.3 Å². The molecular weight excluding hydrogens is 476 g/mol. The Balaban J connectivity index is 1.61. The van der Waals surface area contributed by atoms with E-state index >= 15 is 0 Å². The van der Waals surface area contributed by atoms with E-state index in [9.17, 15) is 19.8 Å². The third-order valence-electron chi connectivity index (χ3n) is 9.79. The van der Waals surface area contributed by atoms with Crippen molar-refractivity contribution >= 4 is 11.6 Å². The number of fused-ring (bicyclic) bond motifs is 5. The molecule has 3 aliphatic carbocycles. The Morgan fingerprint density at radius 3 is 2.08 bits per heavy atom. The maximum Gasteiger partial charge on any atom is 0.197 e. The number of methoxy groups -OCH3 is 1. The van der Waals surface area contributed by atoms with Crippen molar-refractivity contribution in [1.82, 2.24) is 0 Å². The molecule has 0 aromatic heterocycles. The van der Waals surface area contributed by atoms with Crippen molar-refractivity contribution < 1.29 is 24.5 Å². The van der Waals surface area contributed by atoms with Crippen molar-refractivity contribution in [2.24, 2.45) is 17.3 Å². The standard InChI is InChI=1S/C33H34O5/c1-33-18-17-22-21(24(33)15-16-25(33)34)13-14-23-26(22)27(29(35)19-9-5-3-6-10-19)28(31(37)32(23)38-2)30(36)20-11-7-4-8-12-20/h3-12,21-22,24-25,34,37H,13-18H2,1-2H3/t21-,22+,24+,25+,33+/m1/s1. The first-order valence-corrected chi connectivity index (χ1v) is 13.7. The van der Waals surface area contributed by atoms with Crippen LogP contribution in [0.5, 0.6) is 11.5 Å². The minimum atomic E-state index is -0.387. The van der Waals surface area contributed by atoms with Crippen LogP contribution in [-0.2, 0) is 6.42 Å². The zero-order chi connectivity index (χ0) is 26.6. The highest BCUT2D eigenvalue weighted by atomic mass is 16.5. The number of phenolic OH excluding ortho intramolecular Hbond substituents is 1. The summed E-state index contributed by atoms with van der Waals surface area (Å²) in [7, 11) is 1.52. The maximum absolute atomic E-state index is 14.3. The van der Waals surface area contributed by atoms with Gasteiger partial charge in [0, 0.05) is 22.3 Å². The first-order valence-electron chi connectivity index (χ1n) is 13.7. The van der Waals surface area contributed by atoms with Gasteiger partial charge in [-0.05, 0) is 67.3 Å². The molecule has 6 rings (SSSR count). The zero-order valence-electron chi connectivity index (χ0n) is 21.9. The zero-order valence-corrected chi connectivity index (χ0v) is 21.9. The Hall–Kier alpha value is -3.44. The molecule has 5 atom stereocenters. The van der Waals surface area contributed by atoms with Gasteiger partial charge in [0.2, 0.25) is 0 Å². The van der Waals surface area contributed by atoms with Crippen molar-refractivity contribution in [3.63, 3.8) is 0 Å². The summed E-state index contributed by atoms with van der Waals surface area (Å²) >= 11 is 0. The van der Waals surface area contributed by atoms with Crippen molar-refractivity contribution in [2.45, 2.75) is 57.5 Å². The van der Waals surface area contributed by atoms with Gasteiger partial charge in [0.1, 0.15) is 0 Å². The second kappa shape index (κ2) is 9.39. The lowest BCUT2D eigenvalue weighted by atomic mass is 9.54. The van der Waals surface area contributed by atoms with Gasteiger partial charge in [-0.25, -0.2) is 0 Å². The number of aromatic hydroxyl groups is 1. The summed E-state index contributed by atoms with van der Waals surface area (Å²) in [6.45, 7) is 2.22. The number of benzene rings is 3. The third kappa shape index (κ3) is 3.63. The number of rotatable bonds is 5. The number of hydrogen-bond acceptors (Lipinski definition) is 5. The topological polar surface area (TPSA) is 83.8 Å². The number of carbonyl (C=O) groups excluding carboxylic acids is 2. The van der Waals surface area contributed by atoms with Crippen molar-refractivity contribution in [2.75, 3.05) is 7.11 Å². The van der Waals surface area contributed by atoms with E-state index in [4.69, 9.17) is 4.74 Å². The van der Waals surface area contributed by atoms with E-state index in [-0.39, 0.29) is 40.3 Å². The Kier molecular flexibility index (Phi) is 6.14. The van der Waals surface area contributed by atoms with Crippen LogP contribution in [0.2, 0.25) is 0 Å². The summed E-state index contributed by atoms with van der Waals surface area (Å²) in [5.41, 5.74) is 2.84. The van der Waals surface area contributed by atoms with E-state index in [0.717, 1.165) is 43.2 Å². The fourth-order valence-electron chi connectivity index (χ4n) is 7.92. The van der Waals surface area contributed by atoms with Gasteiger partial charge in [-0.3, -0.25) is 9.59 Å². The number of ether oxygens (including phenoxy) is 1. The lowest BCUT2D eigenvalue weighted by Gasteiger charge is -2.50. The molecule has 38 heavy (non-hydrogen) atoms. The lowest BCUT2D eigenvalue weighted by molar-refractivity contribution is -0.0228. The number of hydrogen-bond donors (Lipinski definition) is 2. The molecule has 196 valence electrons. The number of ketones is 2. The molecule has 3 aliphatic rings. The van der Waals surface area contributed by atoms with Crippen LogP contribution in [0.4, 0.5) is 0 Å². The Bertz CT molecular complexity index is 1400. The number of aliphatic hydroxyl groups is 1. The van der Waals surface area contributed by atoms with Crippen LogP contribution in [-0.4, -0.2) is 35.0 Å². The molecule has 0 aliphatic heterocycles. The van der Waals surface area contributed by atoms with E-state index in [1.54, 1.807) is 36.4 Å². The van der Waals surface area contributed by atoms with Crippen LogP contribution in [0.25, 0.3) is 0 Å². The number of aliphatic hydroxyl groups excluding tert-OH is 1. The maximum atomic E-state index is 14.3. The average molecular weight is 511 g/mol.